The van der Waals surface area contributed by atoms with E-state index in [1.807, 2.05) is 37.4 Å². The van der Waals surface area contributed by atoms with Crippen molar-refractivity contribution in [3.8, 4) is 17.0 Å². The number of furan rings is 1. The Bertz CT molecular complexity index is 1030. The van der Waals surface area contributed by atoms with Crippen LogP contribution in [0, 0.1) is 6.92 Å². The summed E-state index contributed by atoms with van der Waals surface area (Å²) in [5.74, 6) is 0.748. The number of ether oxygens (including phenoxy) is 1. The van der Waals surface area contributed by atoms with Gasteiger partial charge in [0.15, 0.2) is 6.10 Å². The number of hydrogen-bond donors (Lipinski definition) is 1. The van der Waals surface area contributed by atoms with Crippen molar-refractivity contribution < 1.29 is 18.7 Å². The van der Waals surface area contributed by atoms with Gasteiger partial charge >= 0.3 is 0 Å². The Kier molecular flexibility index (Phi) is 5.35. The normalized spacial score (nSPS) is 15.7. The quantitative estimate of drug-likeness (QED) is 0.671. The van der Waals surface area contributed by atoms with Gasteiger partial charge in [0.1, 0.15) is 18.1 Å². The third-order valence-electron chi connectivity index (χ3n) is 4.69. The Morgan fingerprint density at radius 1 is 1.34 bits per heavy atom. The van der Waals surface area contributed by atoms with Crippen molar-refractivity contribution in [2.75, 3.05) is 11.4 Å². The summed E-state index contributed by atoms with van der Waals surface area (Å²) in [5.41, 5.74) is 2.29. The molecule has 0 bridgehead atoms. The van der Waals surface area contributed by atoms with Crippen molar-refractivity contribution in [3.05, 3.63) is 52.7 Å². The van der Waals surface area contributed by atoms with E-state index in [-0.39, 0.29) is 24.9 Å². The highest BCUT2D eigenvalue weighted by atomic mass is 32.1. The Balaban J connectivity index is 1.59. The second-order valence-electron chi connectivity index (χ2n) is 6.73. The van der Waals surface area contributed by atoms with Crippen LogP contribution in [0.2, 0.25) is 0 Å². The molecule has 3 aromatic rings. The molecule has 1 atom stereocenters. The van der Waals surface area contributed by atoms with Crippen molar-refractivity contribution >= 4 is 28.8 Å². The number of thiazole rings is 1. The maximum atomic E-state index is 12.9. The summed E-state index contributed by atoms with van der Waals surface area (Å²) in [4.78, 5) is 31.4. The molecule has 0 fully saturated rings. The second kappa shape index (κ2) is 8.08. The molecule has 4 rings (SSSR count). The van der Waals surface area contributed by atoms with Crippen molar-refractivity contribution in [2.45, 2.75) is 32.9 Å². The largest absolute Gasteiger partial charge is 0.478 e. The first-order valence-corrected chi connectivity index (χ1v) is 10.3. The lowest BCUT2D eigenvalue weighted by Gasteiger charge is -2.34. The SMILES string of the molecule is CCC1Oc2ccc(-c3csc(C)n3)cc2N(CC(=O)NCc2ccco2)C1=O. The molecule has 8 heteroatoms. The Hall–Kier alpha value is -3.13. The van der Waals surface area contributed by atoms with Crippen LogP contribution in [0.5, 0.6) is 5.75 Å². The highest BCUT2D eigenvalue weighted by Crippen LogP contribution is 2.38. The highest BCUT2D eigenvalue weighted by Gasteiger charge is 2.34. The molecule has 0 saturated heterocycles. The molecule has 1 N–H and O–H groups in total. The monoisotopic (exact) mass is 411 g/mol. The van der Waals surface area contributed by atoms with E-state index in [4.69, 9.17) is 9.15 Å². The molecule has 1 aliphatic heterocycles. The van der Waals surface area contributed by atoms with Crippen LogP contribution in [0.25, 0.3) is 11.3 Å². The summed E-state index contributed by atoms with van der Waals surface area (Å²) < 4.78 is 11.1. The van der Waals surface area contributed by atoms with Crippen LogP contribution >= 0.6 is 11.3 Å². The number of hydrogen-bond acceptors (Lipinski definition) is 6. The summed E-state index contributed by atoms with van der Waals surface area (Å²) in [6, 6.07) is 9.15. The molecular formula is C21H21N3O4S. The van der Waals surface area contributed by atoms with Gasteiger partial charge in [0, 0.05) is 10.9 Å². The second-order valence-corrected chi connectivity index (χ2v) is 7.79. The van der Waals surface area contributed by atoms with Gasteiger partial charge in [0.05, 0.1) is 29.2 Å². The Morgan fingerprint density at radius 2 is 2.21 bits per heavy atom. The van der Waals surface area contributed by atoms with Gasteiger partial charge in [-0.05, 0) is 43.7 Å². The average Bonchev–Trinajstić information content (AvgIpc) is 3.39. The van der Waals surface area contributed by atoms with Gasteiger partial charge in [0.25, 0.3) is 5.91 Å². The molecule has 2 amide bonds. The molecule has 0 spiro atoms. The zero-order valence-electron chi connectivity index (χ0n) is 16.2. The van der Waals surface area contributed by atoms with E-state index >= 15 is 0 Å². The Labute approximate surface area is 172 Å². The van der Waals surface area contributed by atoms with E-state index in [0.29, 0.717) is 23.6 Å². The smallest absolute Gasteiger partial charge is 0.268 e. The number of aromatic nitrogens is 1. The molecule has 1 aliphatic rings. The summed E-state index contributed by atoms with van der Waals surface area (Å²) in [6.07, 6.45) is 1.47. The minimum atomic E-state index is -0.604. The van der Waals surface area contributed by atoms with Gasteiger partial charge < -0.3 is 14.5 Å². The van der Waals surface area contributed by atoms with Crippen LogP contribution in [0.3, 0.4) is 0 Å². The third-order valence-corrected chi connectivity index (χ3v) is 5.46. The topological polar surface area (TPSA) is 84.7 Å². The average molecular weight is 411 g/mol. The number of nitrogens with zero attached hydrogens (tertiary/aromatic N) is 2. The molecule has 150 valence electrons. The number of fused-ring (bicyclic) bond motifs is 1. The van der Waals surface area contributed by atoms with E-state index in [1.54, 1.807) is 29.7 Å². The van der Waals surface area contributed by atoms with Crippen LogP contribution in [0.1, 0.15) is 24.1 Å². The van der Waals surface area contributed by atoms with Crippen LogP contribution < -0.4 is 15.0 Å². The molecule has 7 nitrogen and oxygen atoms in total. The zero-order valence-corrected chi connectivity index (χ0v) is 17.0. The number of aryl methyl sites for hydroxylation is 1. The molecule has 29 heavy (non-hydrogen) atoms. The lowest BCUT2D eigenvalue weighted by Crippen LogP contribution is -2.49. The van der Waals surface area contributed by atoms with Crippen LogP contribution in [0.15, 0.2) is 46.4 Å². The van der Waals surface area contributed by atoms with Crippen molar-refractivity contribution in [1.29, 1.82) is 0 Å². The lowest BCUT2D eigenvalue weighted by molar-refractivity contribution is -0.129. The number of carbonyl (C=O) groups excluding carboxylic acids is 2. The lowest BCUT2D eigenvalue weighted by atomic mass is 10.1. The van der Waals surface area contributed by atoms with Gasteiger partial charge in [-0.1, -0.05) is 6.92 Å². The maximum absolute atomic E-state index is 12.9. The van der Waals surface area contributed by atoms with E-state index in [9.17, 15) is 9.59 Å². The number of rotatable bonds is 6. The van der Waals surface area contributed by atoms with Gasteiger partial charge in [-0.2, -0.15) is 0 Å². The first-order valence-electron chi connectivity index (χ1n) is 9.39. The number of anilines is 1. The van der Waals surface area contributed by atoms with Gasteiger partial charge in [-0.25, -0.2) is 4.98 Å². The van der Waals surface area contributed by atoms with Gasteiger partial charge in [-0.15, -0.1) is 11.3 Å². The summed E-state index contributed by atoms with van der Waals surface area (Å²) >= 11 is 1.56. The summed E-state index contributed by atoms with van der Waals surface area (Å²) in [7, 11) is 0. The van der Waals surface area contributed by atoms with E-state index in [2.05, 4.69) is 10.3 Å². The van der Waals surface area contributed by atoms with E-state index in [1.165, 1.54) is 4.90 Å². The van der Waals surface area contributed by atoms with Crippen molar-refractivity contribution in [1.82, 2.24) is 10.3 Å². The van der Waals surface area contributed by atoms with Gasteiger partial charge in [0.2, 0.25) is 5.91 Å². The molecule has 1 aromatic carbocycles. The van der Waals surface area contributed by atoms with Crippen LogP contribution in [-0.4, -0.2) is 29.4 Å². The maximum Gasteiger partial charge on any atom is 0.268 e. The molecule has 0 aliphatic carbocycles. The van der Waals surface area contributed by atoms with Gasteiger partial charge in [-0.3, -0.25) is 14.5 Å². The summed E-state index contributed by atoms with van der Waals surface area (Å²) in [5, 5.41) is 5.72. The number of carbonyl (C=O) groups is 2. The highest BCUT2D eigenvalue weighted by molar-refractivity contribution is 7.09. The van der Waals surface area contributed by atoms with Crippen LogP contribution in [0.4, 0.5) is 5.69 Å². The number of benzene rings is 1. The number of nitrogens with one attached hydrogen (secondary N) is 1. The standard InChI is InChI=1S/C21H21N3O4S/c1-3-18-21(26)24(11-20(25)22-10-15-5-4-8-27-15)17-9-14(6-7-19(17)28-18)16-12-29-13(2)23-16/h4-9,12,18H,3,10-11H2,1-2H3,(H,22,25). The molecule has 3 heterocycles. The zero-order chi connectivity index (χ0) is 20.4. The third kappa shape index (κ3) is 4.02. The predicted molar refractivity (Wildman–Crippen MR) is 110 cm³/mol. The van der Waals surface area contributed by atoms with E-state index < -0.39 is 6.10 Å². The molecule has 1 unspecified atom stereocenters. The first kappa shape index (κ1) is 19.2. The fraction of sp³-hybridized carbons (Fsp3) is 0.286. The van der Waals surface area contributed by atoms with E-state index in [0.717, 1.165) is 16.3 Å². The first-order chi connectivity index (χ1) is 14.0. The predicted octanol–water partition coefficient (Wildman–Crippen LogP) is 3.53. The molecule has 0 saturated carbocycles. The fourth-order valence-corrected chi connectivity index (χ4v) is 3.82. The van der Waals surface area contributed by atoms with Crippen LogP contribution in [-0.2, 0) is 16.1 Å². The fourth-order valence-electron chi connectivity index (χ4n) is 3.20. The van der Waals surface area contributed by atoms with Crippen molar-refractivity contribution in [2.24, 2.45) is 0 Å². The molecular weight excluding hydrogens is 390 g/mol. The minimum Gasteiger partial charge on any atom is -0.478 e. The van der Waals surface area contributed by atoms with Crippen molar-refractivity contribution in [3.63, 3.8) is 0 Å². The summed E-state index contributed by atoms with van der Waals surface area (Å²) in [6.45, 7) is 4.01. The molecule has 0 radical (unpaired) electrons. The number of amides is 2. The minimum absolute atomic E-state index is 0.0913. The molecule has 2 aromatic heterocycles. The Morgan fingerprint density at radius 3 is 2.90 bits per heavy atom.